The van der Waals surface area contributed by atoms with Crippen molar-refractivity contribution < 1.29 is 0 Å². The summed E-state index contributed by atoms with van der Waals surface area (Å²) in [6.07, 6.45) is 4.48. The fourth-order valence-electron chi connectivity index (χ4n) is 3.11. The van der Waals surface area contributed by atoms with Crippen molar-refractivity contribution in [1.29, 1.82) is 0 Å². The van der Waals surface area contributed by atoms with Crippen LogP contribution in [0.5, 0.6) is 0 Å². The van der Waals surface area contributed by atoms with Gasteiger partial charge < -0.3 is 4.90 Å². The van der Waals surface area contributed by atoms with Gasteiger partial charge in [-0.15, -0.1) is 0 Å². The zero-order valence-corrected chi connectivity index (χ0v) is 11.0. The van der Waals surface area contributed by atoms with Gasteiger partial charge in [-0.3, -0.25) is 0 Å². The first-order valence-corrected chi connectivity index (χ1v) is 7.01. The zero-order chi connectivity index (χ0) is 10.2. The van der Waals surface area contributed by atoms with Crippen molar-refractivity contribution in [2.75, 3.05) is 25.0 Å². The van der Waals surface area contributed by atoms with Crippen LogP contribution < -0.4 is 0 Å². The third-order valence-corrected chi connectivity index (χ3v) is 5.33. The molecule has 1 heterocycles. The van der Waals surface area contributed by atoms with Crippen LogP contribution in [0.2, 0.25) is 0 Å². The Kier molecular flexibility index (Phi) is 3.23. The van der Waals surface area contributed by atoms with Crippen molar-refractivity contribution in [3.8, 4) is 0 Å². The molecule has 0 aromatic heterocycles. The lowest BCUT2D eigenvalue weighted by Gasteiger charge is -2.28. The Morgan fingerprint density at radius 3 is 2.29 bits per heavy atom. The molecule has 2 unspecified atom stereocenters. The van der Waals surface area contributed by atoms with E-state index < -0.39 is 0 Å². The second-order valence-corrected chi connectivity index (χ2v) is 6.50. The predicted molar refractivity (Wildman–Crippen MR) is 64.8 cm³/mol. The van der Waals surface area contributed by atoms with Crippen molar-refractivity contribution in [3.63, 3.8) is 0 Å². The molecule has 1 saturated carbocycles. The zero-order valence-electron chi connectivity index (χ0n) is 9.43. The van der Waals surface area contributed by atoms with Gasteiger partial charge in [0, 0.05) is 25.0 Å². The quantitative estimate of drug-likeness (QED) is 0.705. The van der Waals surface area contributed by atoms with Gasteiger partial charge in [0.25, 0.3) is 0 Å². The Morgan fingerprint density at radius 2 is 1.79 bits per heavy atom. The molecule has 0 amide bonds. The molecule has 0 bridgehead atoms. The average Bonchev–Trinajstić information content (AvgIpc) is 2.63. The Hall–Kier alpha value is 0.440. The summed E-state index contributed by atoms with van der Waals surface area (Å²) in [6.45, 7) is 8.74. The highest BCUT2D eigenvalue weighted by molar-refractivity contribution is 9.09. The second-order valence-electron chi connectivity index (χ2n) is 5.94. The van der Waals surface area contributed by atoms with E-state index in [9.17, 15) is 0 Å². The lowest BCUT2D eigenvalue weighted by atomic mass is 9.96. The molecule has 2 heteroatoms. The molecule has 2 atom stereocenters. The van der Waals surface area contributed by atoms with Gasteiger partial charge in [0.1, 0.15) is 0 Å². The molecular weight excluding hydrogens is 238 g/mol. The van der Waals surface area contributed by atoms with Crippen molar-refractivity contribution >= 4 is 15.9 Å². The fourth-order valence-corrected chi connectivity index (χ4v) is 3.29. The van der Waals surface area contributed by atoms with Crippen molar-refractivity contribution in [3.05, 3.63) is 0 Å². The molecule has 1 aliphatic carbocycles. The molecule has 1 nitrogen and oxygen atoms in total. The number of likely N-dealkylation sites (tertiary alicyclic amines) is 1. The molecule has 82 valence electrons. The summed E-state index contributed by atoms with van der Waals surface area (Å²) in [7, 11) is 0. The molecule has 2 aliphatic rings. The lowest BCUT2D eigenvalue weighted by Crippen LogP contribution is -2.34. The topological polar surface area (TPSA) is 3.24 Å². The van der Waals surface area contributed by atoms with Crippen molar-refractivity contribution in [2.45, 2.75) is 33.1 Å². The van der Waals surface area contributed by atoms with Gasteiger partial charge in [-0.1, -0.05) is 36.2 Å². The number of hydrogen-bond donors (Lipinski definition) is 0. The van der Waals surface area contributed by atoms with Crippen molar-refractivity contribution in [1.82, 2.24) is 4.90 Å². The van der Waals surface area contributed by atoms with E-state index in [1.807, 2.05) is 0 Å². The highest BCUT2D eigenvalue weighted by atomic mass is 79.9. The molecule has 2 fully saturated rings. The summed E-state index contributed by atoms with van der Waals surface area (Å²) < 4.78 is 0. The highest BCUT2D eigenvalue weighted by Gasteiger charge is 2.37. The molecule has 2 rings (SSSR count). The highest BCUT2D eigenvalue weighted by Crippen LogP contribution is 2.38. The first kappa shape index (κ1) is 10.9. The maximum atomic E-state index is 3.61. The van der Waals surface area contributed by atoms with Crippen LogP contribution in [-0.4, -0.2) is 29.9 Å². The van der Waals surface area contributed by atoms with Gasteiger partial charge in [-0.05, 0) is 30.1 Å². The number of halogens is 1. The molecule has 0 aromatic carbocycles. The van der Waals surface area contributed by atoms with E-state index in [1.165, 1.54) is 38.9 Å². The van der Waals surface area contributed by atoms with Crippen LogP contribution in [-0.2, 0) is 0 Å². The van der Waals surface area contributed by atoms with E-state index in [4.69, 9.17) is 0 Å². The largest absolute Gasteiger partial charge is 0.302 e. The van der Waals surface area contributed by atoms with E-state index in [1.54, 1.807) is 0 Å². The molecule has 14 heavy (non-hydrogen) atoms. The Labute approximate surface area is 96.4 Å². The van der Waals surface area contributed by atoms with E-state index in [0.717, 1.165) is 17.2 Å². The van der Waals surface area contributed by atoms with Gasteiger partial charge in [-0.25, -0.2) is 0 Å². The third-order valence-electron chi connectivity index (χ3n) is 3.82. The Bertz CT molecular complexity index is 190. The van der Waals surface area contributed by atoms with Crippen LogP contribution in [0.3, 0.4) is 0 Å². The number of alkyl halides is 1. The number of rotatable bonds is 3. The molecule has 0 radical (unpaired) electrons. The smallest absolute Gasteiger partial charge is 0.00949 e. The van der Waals surface area contributed by atoms with Crippen LogP contribution in [0.1, 0.15) is 33.1 Å². The molecule has 0 aromatic rings. The SMILES string of the molecule is CC(C)(CBr)CN1CC2CCCC2C1. The van der Waals surface area contributed by atoms with Gasteiger partial charge in [0.05, 0.1) is 0 Å². The number of hydrogen-bond acceptors (Lipinski definition) is 1. The minimum absolute atomic E-state index is 0.443. The molecule has 1 saturated heterocycles. The van der Waals surface area contributed by atoms with E-state index in [2.05, 4.69) is 34.7 Å². The van der Waals surface area contributed by atoms with Crippen LogP contribution in [0.25, 0.3) is 0 Å². The maximum Gasteiger partial charge on any atom is 0.00949 e. The molecule has 0 spiro atoms. The predicted octanol–water partition coefficient (Wildman–Crippen LogP) is 3.14. The average molecular weight is 260 g/mol. The van der Waals surface area contributed by atoms with E-state index in [0.29, 0.717) is 5.41 Å². The summed E-state index contributed by atoms with van der Waals surface area (Å²) >= 11 is 3.61. The van der Waals surface area contributed by atoms with Gasteiger partial charge in [0.2, 0.25) is 0 Å². The standard InChI is InChI=1S/C12H22BrN/c1-12(2,8-13)9-14-6-10-4-3-5-11(10)7-14/h10-11H,3-9H2,1-2H3. The van der Waals surface area contributed by atoms with Gasteiger partial charge in [-0.2, -0.15) is 0 Å². The maximum absolute atomic E-state index is 3.61. The molecular formula is C12H22BrN. The Balaban J connectivity index is 1.84. The summed E-state index contributed by atoms with van der Waals surface area (Å²) in [5.41, 5.74) is 0.443. The van der Waals surface area contributed by atoms with E-state index in [-0.39, 0.29) is 0 Å². The van der Waals surface area contributed by atoms with Crippen LogP contribution >= 0.6 is 15.9 Å². The first-order chi connectivity index (χ1) is 6.61. The van der Waals surface area contributed by atoms with Gasteiger partial charge >= 0.3 is 0 Å². The normalized spacial score (nSPS) is 33.6. The molecule has 0 N–H and O–H groups in total. The summed E-state index contributed by atoms with van der Waals surface area (Å²) in [5.74, 6) is 2.09. The minimum atomic E-state index is 0.443. The summed E-state index contributed by atoms with van der Waals surface area (Å²) in [6, 6.07) is 0. The van der Waals surface area contributed by atoms with Gasteiger partial charge in [0.15, 0.2) is 0 Å². The Morgan fingerprint density at radius 1 is 1.21 bits per heavy atom. The summed E-state index contributed by atoms with van der Waals surface area (Å²) in [5, 5.41) is 1.12. The molecule has 1 aliphatic heterocycles. The van der Waals surface area contributed by atoms with Crippen LogP contribution in [0, 0.1) is 17.3 Å². The summed E-state index contributed by atoms with van der Waals surface area (Å²) in [4.78, 5) is 2.69. The minimum Gasteiger partial charge on any atom is -0.302 e. The fraction of sp³-hybridized carbons (Fsp3) is 1.00. The monoisotopic (exact) mass is 259 g/mol. The lowest BCUT2D eigenvalue weighted by molar-refractivity contribution is 0.218. The number of fused-ring (bicyclic) bond motifs is 1. The third kappa shape index (κ3) is 2.33. The number of nitrogens with zero attached hydrogens (tertiary/aromatic N) is 1. The second kappa shape index (κ2) is 4.13. The van der Waals surface area contributed by atoms with Crippen molar-refractivity contribution in [2.24, 2.45) is 17.3 Å². The van der Waals surface area contributed by atoms with Crippen LogP contribution in [0.15, 0.2) is 0 Å². The van der Waals surface area contributed by atoms with Crippen LogP contribution in [0.4, 0.5) is 0 Å². The first-order valence-electron chi connectivity index (χ1n) is 5.89. The van der Waals surface area contributed by atoms with E-state index >= 15 is 0 Å².